The second-order valence-electron chi connectivity index (χ2n) is 7.63. The monoisotopic (exact) mass is 406 g/mol. The van der Waals surface area contributed by atoms with Crippen molar-refractivity contribution in [3.63, 3.8) is 0 Å². The van der Waals surface area contributed by atoms with E-state index in [1.165, 1.54) is 7.11 Å². The number of nitrogens with zero attached hydrogens (tertiary/aromatic N) is 2. The molecule has 2 aromatic carbocycles. The van der Waals surface area contributed by atoms with Gasteiger partial charge in [-0.15, -0.1) is 0 Å². The number of ether oxygens (including phenoxy) is 1. The molecule has 0 spiro atoms. The second kappa shape index (κ2) is 7.40. The van der Waals surface area contributed by atoms with Crippen molar-refractivity contribution in [2.75, 3.05) is 12.0 Å². The van der Waals surface area contributed by atoms with E-state index in [-0.39, 0.29) is 17.9 Å². The number of amides is 3. The summed E-state index contributed by atoms with van der Waals surface area (Å²) >= 11 is 0. The zero-order valence-corrected chi connectivity index (χ0v) is 17.0. The van der Waals surface area contributed by atoms with Gasteiger partial charge in [-0.3, -0.25) is 24.1 Å². The van der Waals surface area contributed by atoms with Gasteiger partial charge in [-0.2, -0.15) is 0 Å². The molecule has 0 saturated carbocycles. The van der Waals surface area contributed by atoms with E-state index in [2.05, 4.69) is 0 Å². The van der Waals surface area contributed by atoms with Crippen LogP contribution in [0, 0.1) is 0 Å². The molecule has 30 heavy (non-hydrogen) atoms. The molecule has 7 nitrogen and oxygen atoms in total. The number of imide groups is 1. The van der Waals surface area contributed by atoms with E-state index in [4.69, 9.17) is 4.74 Å². The smallest absolute Gasteiger partial charge is 0.313 e. The standard InChI is InChI=1S/C23H22N2O5/c1-13-12-18(23(29)30-3)15-8-6-7-11-19(15)24(13)20(26)14(2)25-21(27)16-9-4-5-10-17(16)22(25)28/h4-11,13-14,18H,12H2,1-3H3. The third-order valence-corrected chi connectivity index (χ3v) is 5.88. The molecular formula is C23H22N2O5. The Morgan fingerprint density at radius 3 is 2.17 bits per heavy atom. The molecule has 0 aliphatic carbocycles. The number of carbonyl (C=O) groups excluding carboxylic acids is 4. The van der Waals surface area contributed by atoms with E-state index in [1.807, 2.05) is 6.92 Å². The first-order valence-corrected chi connectivity index (χ1v) is 9.83. The van der Waals surface area contributed by atoms with Crippen molar-refractivity contribution in [2.24, 2.45) is 0 Å². The van der Waals surface area contributed by atoms with Crippen molar-refractivity contribution in [1.82, 2.24) is 4.90 Å². The maximum atomic E-state index is 13.5. The fourth-order valence-electron chi connectivity index (χ4n) is 4.39. The molecule has 4 rings (SSSR count). The zero-order valence-electron chi connectivity index (χ0n) is 17.0. The Balaban J connectivity index is 1.69. The van der Waals surface area contributed by atoms with Gasteiger partial charge in [0, 0.05) is 11.7 Å². The number of hydrogen-bond acceptors (Lipinski definition) is 5. The number of carbonyl (C=O) groups is 4. The summed E-state index contributed by atoms with van der Waals surface area (Å²) in [5, 5.41) is 0. The summed E-state index contributed by atoms with van der Waals surface area (Å²) in [5.74, 6) is -2.13. The van der Waals surface area contributed by atoms with Gasteiger partial charge in [0.25, 0.3) is 11.8 Å². The lowest BCUT2D eigenvalue weighted by molar-refractivity contribution is -0.143. The molecule has 2 aliphatic heterocycles. The van der Waals surface area contributed by atoms with Gasteiger partial charge >= 0.3 is 5.97 Å². The zero-order chi connectivity index (χ0) is 21.6. The number of rotatable bonds is 3. The van der Waals surface area contributed by atoms with Crippen LogP contribution in [-0.4, -0.2) is 47.8 Å². The lowest BCUT2D eigenvalue weighted by Crippen LogP contribution is -2.54. The van der Waals surface area contributed by atoms with Gasteiger partial charge in [-0.05, 0) is 44.0 Å². The number of hydrogen-bond donors (Lipinski definition) is 0. The Bertz CT molecular complexity index is 1030. The Morgan fingerprint density at radius 1 is 1.00 bits per heavy atom. The molecule has 2 heterocycles. The van der Waals surface area contributed by atoms with Crippen molar-refractivity contribution in [2.45, 2.75) is 38.3 Å². The maximum Gasteiger partial charge on any atom is 0.313 e. The van der Waals surface area contributed by atoms with Gasteiger partial charge in [-0.25, -0.2) is 0 Å². The average molecular weight is 406 g/mol. The summed E-state index contributed by atoms with van der Waals surface area (Å²) in [6.45, 7) is 3.41. The SMILES string of the molecule is COC(=O)C1CC(C)N(C(=O)C(C)N2C(=O)c3ccccc3C2=O)c2ccccc21. The highest BCUT2D eigenvalue weighted by Crippen LogP contribution is 2.40. The normalized spacial score (nSPS) is 21.2. The van der Waals surface area contributed by atoms with Crippen LogP contribution in [0.25, 0.3) is 0 Å². The Labute approximate surface area is 174 Å². The highest BCUT2D eigenvalue weighted by molar-refractivity contribution is 6.23. The van der Waals surface area contributed by atoms with Gasteiger partial charge in [0.05, 0.1) is 24.2 Å². The summed E-state index contributed by atoms with van der Waals surface area (Å²) in [6.07, 6.45) is 0.393. The molecule has 0 saturated heterocycles. The Kier molecular flexibility index (Phi) is 4.89. The van der Waals surface area contributed by atoms with Gasteiger partial charge in [-0.1, -0.05) is 30.3 Å². The molecule has 2 aromatic rings. The fourth-order valence-corrected chi connectivity index (χ4v) is 4.39. The van der Waals surface area contributed by atoms with Crippen molar-refractivity contribution < 1.29 is 23.9 Å². The third-order valence-electron chi connectivity index (χ3n) is 5.88. The predicted molar refractivity (Wildman–Crippen MR) is 109 cm³/mol. The van der Waals surface area contributed by atoms with E-state index < -0.39 is 23.8 Å². The van der Waals surface area contributed by atoms with Gasteiger partial charge in [0.15, 0.2) is 0 Å². The van der Waals surface area contributed by atoms with E-state index in [0.29, 0.717) is 28.8 Å². The molecule has 0 aromatic heterocycles. The van der Waals surface area contributed by atoms with Crippen molar-refractivity contribution in [1.29, 1.82) is 0 Å². The summed E-state index contributed by atoms with van der Waals surface area (Å²) in [7, 11) is 1.34. The average Bonchev–Trinajstić information content (AvgIpc) is 3.02. The lowest BCUT2D eigenvalue weighted by Gasteiger charge is -2.40. The van der Waals surface area contributed by atoms with Crippen LogP contribution in [0.15, 0.2) is 48.5 Å². The summed E-state index contributed by atoms with van der Waals surface area (Å²) in [4.78, 5) is 54.0. The van der Waals surface area contributed by atoms with Crippen molar-refractivity contribution >= 4 is 29.4 Å². The minimum absolute atomic E-state index is 0.306. The van der Waals surface area contributed by atoms with Crippen LogP contribution < -0.4 is 4.90 Å². The highest BCUT2D eigenvalue weighted by Gasteiger charge is 2.45. The van der Waals surface area contributed by atoms with Crippen LogP contribution in [0.2, 0.25) is 0 Å². The summed E-state index contributed by atoms with van der Waals surface area (Å²) in [6, 6.07) is 12.4. The minimum Gasteiger partial charge on any atom is -0.469 e. The molecule has 0 bridgehead atoms. The topological polar surface area (TPSA) is 84.0 Å². The molecule has 0 fully saturated rings. The molecule has 3 amide bonds. The lowest BCUT2D eigenvalue weighted by atomic mass is 9.85. The molecule has 154 valence electrons. The number of esters is 1. The van der Waals surface area contributed by atoms with Gasteiger partial charge in [0.1, 0.15) is 6.04 Å². The van der Waals surface area contributed by atoms with Gasteiger partial charge < -0.3 is 9.64 Å². The Hall–Kier alpha value is -3.48. The molecule has 2 aliphatic rings. The van der Waals surface area contributed by atoms with Crippen LogP contribution in [0.1, 0.15) is 52.5 Å². The van der Waals surface area contributed by atoms with E-state index >= 15 is 0 Å². The van der Waals surface area contributed by atoms with E-state index in [0.717, 1.165) is 4.90 Å². The van der Waals surface area contributed by atoms with Crippen molar-refractivity contribution in [3.05, 3.63) is 65.2 Å². The summed E-state index contributed by atoms with van der Waals surface area (Å²) in [5.41, 5.74) is 1.91. The minimum atomic E-state index is -0.984. The molecule has 0 radical (unpaired) electrons. The van der Waals surface area contributed by atoms with Crippen LogP contribution in [0.5, 0.6) is 0 Å². The third kappa shape index (κ3) is 2.89. The largest absolute Gasteiger partial charge is 0.469 e. The van der Waals surface area contributed by atoms with Crippen LogP contribution in [-0.2, 0) is 14.3 Å². The van der Waals surface area contributed by atoms with E-state index in [9.17, 15) is 19.2 Å². The number of methoxy groups -OCH3 is 1. The van der Waals surface area contributed by atoms with Crippen molar-refractivity contribution in [3.8, 4) is 0 Å². The van der Waals surface area contributed by atoms with Crippen LogP contribution in [0.4, 0.5) is 5.69 Å². The molecular weight excluding hydrogens is 384 g/mol. The fraction of sp³-hybridized carbons (Fsp3) is 0.304. The second-order valence-corrected chi connectivity index (χ2v) is 7.63. The number of fused-ring (bicyclic) bond motifs is 2. The number of anilines is 1. The molecule has 3 unspecified atom stereocenters. The highest BCUT2D eigenvalue weighted by atomic mass is 16.5. The summed E-state index contributed by atoms with van der Waals surface area (Å²) < 4.78 is 4.94. The first-order valence-electron chi connectivity index (χ1n) is 9.83. The quantitative estimate of drug-likeness (QED) is 0.578. The van der Waals surface area contributed by atoms with E-state index in [1.54, 1.807) is 60.4 Å². The Morgan fingerprint density at radius 2 is 1.57 bits per heavy atom. The van der Waals surface area contributed by atoms with Crippen LogP contribution in [0.3, 0.4) is 0 Å². The first-order chi connectivity index (χ1) is 14.4. The molecule has 3 atom stereocenters. The van der Waals surface area contributed by atoms with Gasteiger partial charge in [0.2, 0.25) is 5.91 Å². The molecule has 0 N–H and O–H groups in total. The van der Waals surface area contributed by atoms with Crippen LogP contribution >= 0.6 is 0 Å². The molecule has 7 heteroatoms. The predicted octanol–water partition coefficient (Wildman–Crippen LogP) is 2.75. The maximum absolute atomic E-state index is 13.5. The first kappa shape index (κ1) is 19.8. The number of benzene rings is 2. The number of para-hydroxylation sites is 1.